The van der Waals surface area contributed by atoms with E-state index in [1.807, 2.05) is 39.0 Å². The largest absolute Gasteiger partial charge is 0.451 e. The van der Waals surface area contributed by atoms with Gasteiger partial charge in [-0.3, -0.25) is 4.79 Å². The van der Waals surface area contributed by atoms with Crippen LogP contribution in [0, 0.1) is 20.8 Å². The summed E-state index contributed by atoms with van der Waals surface area (Å²) in [5.41, 5.74) is 5.34. The molecule has 4 aromatic rings. The minimum absolute atomic E-state index is 0.335. The molecular formula is C20H16N2O3. The number of hydrogen-bond acceptors (Lipinski definition) is 5. The van der Waals surface area contributed by atoms with E-state index in [4.69, 9.17) is 8.94 Å². The van der Waals surface area contributed by atoms with Gasteiger partial charge in [-0.25, -0.2) is 0 Å². The lowest BCUT2D eigenvalue weighted by Gasteiger charge is -1.99. The molecule has 2 aromatic heterocycles. The van der Waals surface area contributed by atoms with Crippen LogP contribution >= 0.6 is 0 Å². The van der Waals surface area contributed by atoms with Gasteiger partial charge in [0, 0.05) is 16.5 Å². The standard InChI is InChI=1S/C20H16N2O3/c1-11-4-5-12(2)18-16(11)9-17(24-18)20-21-19(22-25-20)14-6-7-15(10-23)13(3)8-14/h4-10H,1-3H3. The second kappa shape index (κ2) is 5.70. The van der Waals surface area contributed by atoms with Crippen molar-refractivity contribution >= 4 is 17.3 Å². The van der Waals surface area contributed by atoms with Gasteiger partial charge in [-0.05, 0) is 49.6 Å². The van der Waals surface area contributed by atoms with E-state index < -0.39 is 0 Å². The van der Waals surface area contributed by atoms with E-state index in [9.17, 15) is 4.79 Å². The molecule has 0 atom stereocenters. The number of aromatic nitrogens is 2. The molecule has 0 saturated carbocycles. The van der Waals surface area contributed by atoms with Crippen LogP contribution in [-0.4, -0.2) is 16.4 Å². The fraction of sp³-hybridized carbons (Fsp3) is 0.150. The topological polar surface area (TPSA) is 69.1 Å². The molecule has 0 spiro atoms. The Bertz CT molecular complexity index is 1070. The first-order chi connectivity index (χ1) is 12.1. The van der Waals surface area contributed by atoms with Gasteiger partial charge in [-0.2, -0.15) is 4.98 Å². The number of carbonyl (C=O) groups excluding carboxylic acids is 1. The predicted octanol–water partition coefficient (Wildman–Crippen LogP) is 4.89. The fourth-order valence-electron chi connectivity index (χ4n) is 2.89. The number of rotatable bonds is 3. The number of aryl methyl sites for hydroxylation is 3. The third-order valence-corrected chi connectivity index (χ3v) is 4.39. The number of fused-ring (bicyclic) bond motifs is 1. The molecule has 5 nitrogen and oxygen atoms in total. The summed E-state index contributed by atoms with van der Waals surface area (Å²) in [7, 11) is 0. The second-order valence-electron chi connectivity index (χ2n) is 6.17. The predicted molar refractivity (Wildman–Crippen MR) is 94.5 cm³/mol. The molecule has 0 saturated heterocycles. The van der Waals surface area contributed by atoms with Gasteiger partial charge in [0.25, 0.3) is 5.89 Å². The molecule has 2 aromatic carbocycles. The first-order valence-electron chi connectivity index (χ1n) is 7.97. The summed E-state index contributed by atoms with van der Waals surface area (Å²) in [6.45, 7) is 5.92. The van der Waals surface area contributed by atoms with Crippen LogP contribution in [0.2, 0.25) is 0 Å². The lowest BCUT2D eigenvalue weighted by Crippen LogP contribution is -1.88. The van der Waals surface area contributed by atoms with E-state index in [1.54, 1.807) is 12.1 Å². The van der Waals surface area contributed by atoms with Crippen LogP contribution in [0.25, 0.3) is 34.0 Å². The highest BCUT2D eigenvalue weighted by Gasteiger charge is 2.17. The van der Waals surface area contributed by atoms with Crippen LogP contribution in [-0.2, 0) is 0 Å². The van der Waals surface area contributed by atoms with Crippen molar-refractivity contribution in [3.8, 4) is 23.0 Å². The highest BCUT2D eigenvalue weighted by Crippen LogP contribution is 2.32. The normalized spacial score (nSPS) is 11.2. The Balaban J connectivity index is 1.77. The summed E-state index contributed by atoms with van der Waals surface area (Å²) in [5.74, 6) is 1.35. The summed E-state index contributed by atoms with van der Waals surface area (Å²) >= 11 is 0. The Labute approximate surface area is 144 Å². The molecule has 0 amide bonds. The Morgan fingerprint density at radius 2 is 1.76 bits per heavy atom. The van der Waals surface area contributed by atoms with Crippen molar-refractivity contribution in [3.05, 3.63) is 58.7 Å². The molecule has 0 bridgehead atoms. The molecule has 25 heavy (non-hydrogen) atoms. The summed E-state index contributed by atoms with van der Waals surface area (Å²) in [5, 5.41) is 5.08. The van der Waals surface area contributed by atoms with E-state index in [-0.39, 0.29) is 0 Å². The summed E-state index contributed by atoms with van der Waals surface area (Å²) < 4.78 is 11.3. The van der Waals surface area contributed by atoms with Crippen LogP contribution in [0.3, 0.4) is 0 Å². The zero-order valence-electron chi connectivity index (χ0n) is 14.2. The Morgan fingerprint density at radius 3 is 2.48 bits per heavy atom. The van der Waals surface area contributed by atoms with E-state index in [1.165, 1.54) is 0 Å². The maximum absolute atomic E-state index is 10.9. The quantitative estimate of drug-likeness (QED) is 0.500. The molecule has 0 aliphatic carbocycles. The monoisotopic (exact) mass is 332 g/mol. The summed E-state index contributed by atoms with van der Waals surface area (Å²) in [4.78, 5) is 15.4. The molecule has 2 heterocycles. The molecule has 0 unspecified atom stereocenters. The van der Waals surface area contributed by atoms with Gasteiger partial charge in [-0.15, -0.1) is 0 Å². The Kier molecular flexibility index (Phi) is 3.50. The van der Waals surface area contributed by atoms with Crippen LogP contribution in [0.5, 0.6) is 0 Å². The van der Waals surface area contributed by atoms with Gasteiger partial charge in [-0.1, -0.05) is 29.4 Å². The summed E-state index contributed by atoms with van der Waals surface area (Å²) in [6.07, 6.45) is 0.833. The third kappa shape index (κ3) is 2.54. The first kappa shape index (κ1) is 15.3. The smallest absolute Gasteiger partial charge is 0.293 e. The van der Waals surface area contributed by atoms with Gasteiger partial charge in [0.15, 0.2) is 5.76 Å². The Morgan fingerprint density at radius 1 is 0.960 bits per heavy atom. The van der Waals surface area contributed by atoms with E-state index >= 15 is 0 Å². The lowest BCUT2D eigenvalue weighted by molar-refractivity contribution is 0.112. The molecule has 5 heteroatoms. The molecular weight excluding hydrogens is 316 g/mol. The average molecular weight is 332 g/mol. The highest BCUT2D eigenvalue weighted by molar-refractivity contribution is 5.87. The van der Waals surface area contributed by atoms with Crippen molar-refractivity contribution in [1.82, 2.24) is 10.1 Å². The first-order valence-corrected chi connectivity index (χ1v) is 7.97. The average Bonchev–Trinajstić information content (AvgIpc) is 3.25. The SMILES string of the molecule is Cc1cc(-c2noc(-c3cc4c(C)ccc(C)c4o3)n2)ccc1C=O. The zero-order chi connectivity index (χ0) is 17.6. The van der Waals surface area contributed by atoms with Crippen molar-refractivity contribution in [3.63, 3.8) is 0 Å². The minimum atomic E-state index is 0.335. The number of aldehydes is 1. The van der Waals surface area contributed by atoms with Crippen molar-refractivity contribution in [2.45, 2.75) is 20.8 Å². The van der Waals surface area contributed by atoms with Gasteiger partial charge in [0.2, 0.25) is 5.82 Å². The molecule has 0 aliphatic rings. The minimum Gasteiger partial charge on any atom is -0.451 e. The second-order valence-corrected chi connectivity index (χ2v) is 6.17. The van der Waals surface area contributed by atoms with E-state index in [2.05, 4.69) is 16.2 Å². The molecule has 0 aliphatic heterocycles. The van der Waals surface area contributed by atoms with Gasteiger partial charge < -0.3 is 8.94 Å². The van der Waals surface area contributed by atoms with Crippen molar-refractivity contribution in [2.75, 3.05) is 0 Å². The molecule has 124 valence electrons. The highest BCUT2D eigenvalue weighted by atomic mass is 16.5. The number of nitrogens with zero attached hydrogens (tertiary/aromatic N) is 2. The van der Waals surface area contributed by atoms with Crippen molar-refractivity contribution in [1.29, 1.82) is 0 Å². The van der Waals surface area contributed by atoms with Crippen LogP contribution in [0.1, 0.15) is 27.0 Å². The lowest BCUT2D eigenvalue weighted by atomic mass is 10.1. The number of carbonyl (C=O) groups is 1. The van der Waals surface area contributed by atoms with Crippen LogP contribution in [0.15, 0.2) is 45.3 Å². The van der Waals surface area contributed by atoms with Crippen LogP contribution < -0.4 is 0 Å². The van der Waals surface area contributed by atoms with Gasteiger partial charge >= 0.3 is 0 Å². The number of benzene rings is 2. The fourth-order valence-corrected chi connectivity index (χ4v) is 2.89. The maximum atomic E-state index is 10.9. The zero-order valence-corrected chi connectivity index (χ0v) is 14.2. The Hall–Kier alpha value is -3.21. The van der Waals surface area contributed by atoms with E-state index in [0.717, 1.165) is 39.5 Å². The number of furan rings is 1. The molecule has 4 rings (SSSR count). The molecule has 0 fully saturated rings. The van der Waals surface area contributed by atoms with Gasteiger partial charge in [0.05, 0.1) is 0 Å². The van der Waals surface area contributed by atoms with Crippen LogP contribution in [0.4, 0.5) is 0 Å². The number of hydrogen-bond donors (Lipinski definition) is 0. The summed E-state index contributed by atoms with van der Waals surface area (Å²) in [6, 6.07) is 11.4. The third-order valence-electron chi connectivity index (χ3n) is 4.39. The van der Waals surface area contributed by atoms with Crippen molar-refractivity contribution < 1.29 is 13.7 Å². The maximum Gasteiger partial charge on any atom is 0.293 e. The molecule has 0 N–H and O–H groups in total. The van der Waals surface area contributed by atoms with Crippen molar-refractivity contribution in [2.24, 2.45) is 0 Å². The van der Waals surface area contributed by atoms with Gasteiger partial charge in [0.1, 0.15) is 11.9 Å². The van der Waals surface area contributed by atoms with E-state index in [0.29, 0.717) is 23.0 Å². The molecule has 0 radical (unpaired) electrons.